The molecule has 0 saturated heterocycles. The van der Waals surface area contributed by atoms with Crippen LogP contribution in [0, 0.1) is 0 Å². The van der Waals surface area contributed by atoms with Crippen LogP contribution in [0.25, 0.3) is 0 Å². The number of hydrogen-bond donors (Lipinski definition) is 2. The van der Waals surface area contributed by atoms with E-state index < -0.39 is 6.10 Å². The molecule has 1 rings (SSSR count). The highest BCUT2D eigenvalue weighted by Crippen LogP contribution is 2.14. The van der Waals surface area contributed by atoms with E-state index in [0.29, 0.717) is 12.3 Å². The molecule has 0 aromatic heterocycles. The Kier molecular flexibility index (Phi) is 5.49. The topological polar surface area (TPSA) is 58.6 Å². The van der Waals surface area contributed by atoms with Crippen molar-refractivity contribution in [1.29, 1.82) is 0 Å². The molecule has 4 nitrogen and oxygen atoms in total. The fraction of sp³-hybridized carbons (Fsp3) is 0.462. The van der Waals surface area contributed by atoms with Gasteiger partial charge in [0, 0.05) is 6.54 Å². The molecule has 1 aromatic carbocycles. The number of rotatable bonds is 6. The summed E-state index contributed by atoms with van der Waals surface area (Å²) in [4.78, 5) is 11.6. The first kappa shape index (κ1) is 13.5. The number of aliphatic hydroxyl groups is 1. The van der Waals surface area contributed by atoms with Crippen LogP contribution in [0.3, 0.4) is 0 Å². The van der Waals surface area contributed by atoms with Crippen molar-refractivity contribution >= 4 is 5.91 Å². The predicted molar refractivity (Wildman–Crippen MR) is 65.8 cm³/mol. The number of benzene rings is 1. The lowest BCUT2D eigenvalue weighted by Gasteiger charge is -2.14. The van der Waals surface area contributed by atoms with Crippen molar-refractivity contribution in [2.75, 3.05) is 6.54 Å². The predicted octanol–water partition coefficient (Wildman–Crippen LogP) is 1.47. The second-order valence-electron chi connectivity index (χ2n) is 3.86. The Morgan fingerprint density at radius 1 is 1.53 bits per heavy atom. The summed E-state index contributed by atoms with van der Waals surface area (Å²) in [6.07, 6.45) is 0.369. The lowest BCUT2D eigenvalue weighted by Crippen LogP contribution is -2.36. The second-order valence-corrected chi connectivity index (χ2v) is 3.86. The minimum Gasteiger partial charge on any atom is -0.481 e. The Hall–Kier alpha value is -1.55. The van der Waals surface area contributed by atoms with Gasteiger partial charge in [0.25, 0.3) is 5.91 Å². The zero-order chi connectivity index (χ0) is 12.7. The maximum Gasteiger partial charge on any atom is 0.260 e. The molecule has 0 saturated carbocycles. The molecule has 94 valence electrons. The number of aliphatic hydroxyl groups excluding tert-OH is 1. The van der Waals surface area contributed by atoms with Crippen LogP contribution in [-0.4, -0.2) is 23.7 Å². The van der Waals surface area contributed by atoms with E-state index in [1.54, 1.807) is 31.2 Å². The summed E-state index contributed by atoms with van der Waals surface area (Å²) in [7, 11) is 0. The third kappa shape index (κ3) is 4.44. The molecule has 0 aliphatic heterocycles. The van der Waals surface area contributed by atoms with Gasteiger partial charge in [-0.2, -0.15) is 0 Å². The van der Waals surface area contributed by atoms with Crippen LogP contribution in [-0.2, 0) is 11.4 Å². The summed E-state index contributed by atoms with van der Waals surface area (Å²) in [5.74, 6) is 0.469. The van der Waals surface area contributed by atoms with Crippen molar-refractivity contribution in [2.45, 2.75) is 33.0 Å². The molecule has 0 fully saturated rings. The Morgan fingerprint density at radius 2 is 2.29 bits per heavy atom. The normalized spacial score (nSPS) is 11.9. The van der Waals surface area contributed by atoms with Crippen LogP contribution in [0.2, 0.25) is 0 Å². The van der Waals surface area contributed by atoms with Gasteiger partial charge in [0.1, 0.15) is 5.75 Å². The van der Waals surface area contributed by atoms with Gasteiger partial charge >= 0.3 is 0 Å². The van der Waals surface area contributed by atoms with Crippen LogP contribution < -0.4 is 10.1 Å². The van der Waals surface area contributed by atoms with Crippen LogP contribution in [0.15, 0.2) is 24.3 Å². The third-order valence-electron chi connectivity index (χ3n) is 2.31. The first-order valence-electron chi connectivity index (χ1n) is 5.81. The standard InChI is InChI=1S/C13H19NO3/c1-3-7-14-13(16)10(2)17-12-6-4-5-11(8-12)9-15/h4-6,8,10,15H,3,7,9H2,1-2H3,(H,14,16). The molecule has 0 aliphatic rings. The summed E-state index contributed by atoms with van der Waals surface area (Å²) in [6.45, 7) is 4.32. The highest BCUT2D eigenvalue weighted by molar-refractivity contribution is 5.80. The van der Waals surface area contributed by atoms with Gasteiger partial charge in [0.15, 0.2) is 6.10 Å². The van der Waals surface area contributed by atoms with Gasteiger partial charge in [-0.1, -0.05) is 19.1 Å². The lowest BCUT2D eigenvalue weighted by atomic mass is 10.2. The fourth-order valence-electron chi connectivity index (χ4n) is 1.37. The van der Waals surface area contributed by atoms with Crippen molar-refractivity contribution in [1.82, 2.24) is 5.32 Å². The summed E-state index contributed by atoms with van der Waals surface area (Å²) >= 11 is 0. The first-order valence-corrected chi connectivity index (χ1v) is 5.81. The van der Waals surface area contributed by atoms with Crippen molar-refractivity contribution in [2.24, 2.45) is 0 Å². The molecule has 17 heavy (non-hydrogen) atoms. The highest BCUT2D eigenvalue weighted by atomic mass is 16.5. The summed E-state index contributed by atoms with van der Waals surface area (Å²) in [5.41, 5.74) is 0.767. The summed E-state index contributed by atoms with van der Waals surface area (Å²) < 4.78 is 5.49. The molecule has 1 amide bonds. The van der Waals surface area contributed by atoms with Crippen LogP contribution in [0.1, 0.15) is 25.8 Å². The lowest BCUT2D eigenvalue weighted by molar-refractivity contribution is -0.127. The zero-order valence-electron chi connectivity index (χ0n) is 10.3. The quantitative estimate of drug-likeness (QED) is 0.787. The Balaban J connectivity index is 2.54. The minimum absolute atomic E-state index is 0.0341. The van der Waals surface area contributed by atoms with Gasteiger partial charge in [-0.3, -0.25) is 4.79 Å². The molecular weight excluding hydrogens is 218 g/mol. The fourth-order valence-corrected chi connectivity index (χ4v) is 1.37. The van der Waals surface area contributed by atoms with E-state index in [1.807, 2.05) is 6.92 Å². The summed E-state index contributed by atoms with van der Waals surface area (Å²) in [6, 6.07) is 7.08. The Morgan fingerprint density at radius 3 is 2.94 bits per heavy atom. The highest BCUT2D eigenvalue weighted by Gasteiger charge is 2.13. The van der Waals surface area contributed by atoms with E-state index in [9.17, 15) is 4.79 Å². The average Bonchev–Trinajstić information content (AvgIpc) is 2.36. The molecule has 1 aromatic rings. The number of ether oxygens (including phenoxy) is 1. The van der Waals surface area contributed by atoms with Gasteiger partial charge in [0.05, 0.1) is 6.61 Å². The van der Waals surface area contributed by atoms with Crippen molar-refractivity contribution < 1.29 is 14.6 Å². The molecule has 4 heteroatoms. The van der Waals surface area contributed by atoms with Gasteiger partial charge in [0.2, 0.25) is 0 Å². The van der Waals surface area contributed by atoms with Crippen LogP contribution in [0.5, 0.6) is 5.75 Å². The van der Waals surface area contributed by atoms with E-state index in [4.69, 9.17) is 9.84 Å². The Labute approximate surface area is 102 Å². The van der Waals surface area contributed by atoms with E-state index in [0.717, 1.165) is 12.0 Å². The molecule has 1 atom stereocenters. The number of hydrogen-bond acceptors (Lipinski definition) is 3. The van der Waals surface area contributed by atoms with E-state index in [2.05, 4.69) is 5.32 Å². The smallest absolute Gasteiger partial charge is 0.260 e. The first-order chi connectivity index (χ1) is 8.17. The molecule has 2 N–H and O–H groups in total. The van der Waals surface area contributed by atoms with Gasteiger partial charge < -0.3 is 15.2 Å². The monoisotopic (exact) mass is 237 g/mol. The van der Waals surface area contributed by atoms with Gasteiger partial charge in [-0.15, -0.1) is 0 Å². The number of amides is 1. The number of nitrogens with one attached hydrogen (secondary N) is 1. The van der Waals surface area contributed by atoms with E-state index in [1.165, 1.54) is 0 Å². The summed E-state index contributed by atoms with van der Waals surface area (Å²) in [5, 5.41) is 11.8. The molecule has 1 unspecified atom stereocenters. The maximum atomic E-state index is 11.6. The maximum absolute atomic E-state index is 11.6. The zero-order valence-corrected chi connectivity index (χ0v) is 10.3. The molecule has 0 radical (unpaired) electrons. The van der Waals surface area contributed by atoms with Crippen LogP contribution in [0.4, 0.5) is 0 Å². The number of carbonyl (C=O) groups is 1. The second kappa shape index (κ2) is 6.91. The average molecular weight is 237 g/mol. The number of carbonyl (C=O) groups excluding carboxylic acids is 1. The van der Waals surface area contributed by atoms with E-state index >= 15 is 0 Å². The van der Waals surface area contributed by atoms with Crippen molar-refractivity contribution in [3.63, 3.8) is 0 Å². The largest absolute Gasteiger partial charge is 0.481 e. The van der Waals surface area contributed by atoms with Gasteiger partial charge in [-0.05, 0) is 31.0 Å². The Bertz CT molecular complexity index is 365. The molecule has 0 bridgehead atoms. The van der Waals surface area contributed by atoms with Crippen molar-refractivity contribution in [3.8, 4) is 5.75 Å². The van der Waals surface area contributed by atoms with Crippen molar-refractivity contribution in [3.05, 3.63) is 29.8 Å². The molecule has 0 aliphatic carbocycles. The minimum atomic E-state index is -0.532. The third-order valence-corrected chi connectivity index (χ3v) is 2.31. The van der Waals surface area contributed by atoms with Crippen LogP contribution >= 0.6 is 0 Å². The van der Waals surface area contributed by atoms with E-state index in [-0.39, 0.29) is 12.5 Å². The van der Waals surface area contributed by atoms with Gasteiger partial charge in [-0.25, -0.2) is 0 Å². The molecule has 0 heterocycles. The molecular formula is C13H19NO3. The SMILES string of the molecule is CCCNC(=O)C(C)Oc1cccc(CO)c1. The molecule has 0 spiro atoms.